The number of halogens is 1. The van der Waals surface area contributed by atoms with Gasteiger partial charge in [0.1, 0.15) is 12.4 Å². The van der Waals surface area contributed by atoms with Crippen LogP contribution in [0.15, 0.2) is 59.8 Å². The molecule has 1 amide bonds. The number of carbonyl (C=O) groups is 1. The number of hydrogen-bond donors (Lipinski definition) is 0. The normalized spacial score (nSPS) is 11.8. The second-order valence-electron chi connectivity index (χ2n) is 8.34. The molecule has 2 heterocycles. The van der Waals surface area contributed by atoms with Gasteiger partial charge in [-0.3, -0.25) is 0 Å². The molecule has 0 radical (unpaired) electrons. The molecule has 0 saturated carbocycles. The predicted octanol–water partition coefficient (Wildman–Crippen LogP) is 4.30. The summed E-state index contributed by atoms with van der Waals surface area (Å²) < 4.78 is 52.8. The summed E-state index contributed by atoms with van der Waals surface area (Å²) in [7, 11) is -1.10. The number of pyridine rings is 1. The van der Waals surface area contributed by atoms with Crippen molar-refractivity contribution >= 4 is 16.1 Å². The standard InChI is InChI=1S/C23H26FN3O5S/c1-23(2,3)26(4)22(28)32-15-16-12-20(19-10-7-11-25-21(19)24)27(14-16)33(29,30)18-9-6-8-17(13-18)31-5/h6-14H,15H2,1-5H3. The first-order chi connectivity index (χ1) is 15.4. The van der Waals surface area contributed by atoms with Crippen molar-refractivity contribution in [3.05, 3.63) is 66.4 Å². The lowest BCUT2D eigenvalue weighted by atomic mass is 10.1. The summed E-state index contributed by atoms with van der Waals surface area (Å²) in [5.74, 6) is -0.467. The highest BCUT2D eigenvalue weighted by Crippen LogP contribution is 2.30. The van der Waals surface area contributed by atoms with Crippen molar-refractivity contribution in [2.75, 3.05) is 14.2 Å². The highest BCUT2D eigenvalue weighted by Gasteiger charge is 2.26. The van der Waals surface area contributed by atoms with Crippen LogP contribution in [0.3, 0.4) is 0 Å². The number of ether oxygens (including phenoxy) is 2. The Balaban J connectivity index is 2.04. The van der Waals surface area contributed by atoms with E-state index in [-0.39, 0.29) is 22.8 Å². The third kappa shape index (κ3) is 5.16. The minimum atomic E-state index is -4.13. The molecule has 0 N–H and O–H groups in total. The summed E-state index contributed by atoms with van der Waals surface area (Å²) in [6.07, 6.45) is 2.01. The Bertz CT molecular complexity index is 1270. The van der Waals surface area contributed by atoms with Crippen LogP contribution in [0.2, 0.25) is 0 Å². The van der Waals surface area contributed by atoms with Crippen LogP contribution in [0, 0.1) is 5.95 Å². The molecule has 0 bridgehead atoms. The largest absolute Gasteiger partial charge is 0.497 e. The van der Waals surface area contributed by atoms with Gasteiger partial charge in [0.2, 0.25) is 5.95 Å². The summed E-state index contributed by atoms with van der Waals surface area (Å²) in [6.45, 7) is 5.37. The third-order valence-corrected chi connectivity index (χ3v) is 6.79. The fourth-order valence-electron chi connectivity index (χ4n) is 2.94. The van der Waals surface area contributed by atoms with E-state index in [0.29, 0.717) is 11.3 Å². The number of hydrogen-bond acceptors (Lipinski definition) is 6. The van der Waals surface area contributed by atoms with Gasteiger partial charge in [0.25, 0.3) is 10.0 Å². The van der Waals surface area contributed by atoms with Gasteiger partial charge in [0.05, 0.1) is 23.3 Å². The first kappa shape index (κ1) is 24.2. The first-order valence-electron chi connectivity index (χ1n) is 10.1. The lowest BCUT2D eigenvalue weighted by Crippen LogP contribution is -2.42. The lowest BCUT2D eigenvalue weighted by Gasteiger charge is -2.30. The van der Waals surface area contributed by atoms with Crippen LogP contribution in [0.25, 0.3) is 11.3 Å². The van der Waals surface area contributed by atoms with Gasteiger partial charge in [-0.15, -0.1) is 0 Å². The molecule has 0 spiro atoms. The summed E-state index contributed by atoms with van der Waals surface area (Å²) in [6, 6.07) is 10.3. The summed E-state index contributed by atoms with van der Waals surface area (Å²) in [5.41, 5.74) is -0.0368. The average Bonchev–Trinajstić information content (AvgIpc) is 3.21. The van der Waals surface area contributed by atoms with Crippen molar-refractivity contribution in [3.63, 3.8) is 0 Å². The number of benzene rings is 1. The number of nitrogens with zero attached hydrogens (tertiary/aromatic N) is 3. The quantitative estimate of drug-likeness (QED) is 0.494. The monoisotopic (exact) mass is 475 g/mol. The van der Waals surface area contributed by atoms with Crippen molar-refractivity contribution in [1.29, 1.82) is 0 Å². The Morgan fingerprint density at radius 2 is 1.91 bits per heavy atom. The Morgan fingerprint density at radius 1 is 1.18 bits per heavy atom. The fourth-order valence-corrected chi connectivity index (χ4v) is 4.37. The predicted molar refractivity (Wildman–Crippen MR) is 121 cm³/mol. The molecule has 3 aromatic rings. The smallest absolute Gasteiger partial charge is 0.410 e. The van der Waals surface area contributed by atoms with Crippen LogP contribution in [-0.4, -0.2) is 48.1 Å². The van der Waals surface area contributed by atoms with Crippen molar-refractivity contribution in [2.24, 2.45) is 0 Å². The van der Waals surface area contributed by atoms with Gasteiger partial charge >= 0.3 is 6.09 Å². The van der Waals surface area contributed by atoms with Crippen LogP contribution in [-0.2, 0) is 21.4 Å². The molecule has 176 valence electrons. The van der Waals surface area contributed by atoms with Crippen LogP contribution >= 0.6 is 0 Å². The second kappa shape index (κ2) is 9.22. The number of rotatable bonds is 6. The number of carbonyl (C=O) groups excluding carboxylic acids is 1. The van der Waals surface area contributed by atoms with E-state index in [0.717, 1.165) is 3.97 Å². The molecule has 2 aromatic heterocycles. The number of methoxy groups -OCH3 is 1. The molecule has 0 atom stereocenters. The van der Waals surface area contributed by atoms with E-state index in [9.17, 15) is 17.6 Å². The van der Waals surface area contributed by atoms with Crippen molar-refractivity contribution in [2.45, 2.75) is 37.8 Å². The molecule has 1 aromatic carbocycles. The van der Waals surface area contributed by atoms with E-state index < -0.39 is 27.6 Å². The van der Waals surface area contributed by atoms with Gasteiger partial charge < -0.3 is 14.4 Å². The van der Waals surface area contributed by atoms with Crippen LogP contribution < -0.4 is 4.74 Å². The van der Waals surface area contributed by atoms with Crippen molar-refractivity contribution in [3.8, 4) is 17.0 Å². The topological polar surface area (TPSA) is 90.7 Å². The summed E-state index contributed by atoms with van der Waals surface area (Å²) in [5, 5.41) is 0. The number of aromatic nitrogens is 2. The van der Waals surface area contributed by atoms with E-state index in [1.54, 1.807) is 19.2 Å². The van der Waals surface area contributed by atoms with Gasteiger partial charge in [-0.2, -0.15) is 4.39 Å². The summed E-state index contributed by atoms with van der Waals surface area (Å²) in [4.78, 5) is 17.4. The van der Waals surface area contributed by atoms with Gasteiger partial charge in [0, 0.05) is 36.6 Å². The molecular formula is C23H26FN3O5S. The van der Waals surface area contributed by atoms with Crippen LogP contribution in [0.4, 0.5) is 9.18 Å². The van der Waals surface area contributed by atoms with Crippen molar-refractivity contribution in [1.82, 2.24) is 13.9 Å². The Hall–Kier alpha value is -3.40. The van der Waals surface area contributed by atoms with E-state index in [4.69, 9.17) is 9.47 Å². The van der Waals surface area contributed by atoms with E-state index in [2.05, 4.69) is 4.98 Å². The Kier molecular flexibility index (Phi) is 6.78. The van der Waals surface area contributed by atoms with E-state index in [1.807, 2.05) is 20.8 Å². The zero-order chi connectivity index (χ0) is 24.4. The fraction of sp³-hybridized carbons (Fsp3) is 0.304. The second-order valence-corrected chi connectivity index (χ2v) is 10.2. The zero-order valence-corrected chi connectivity index (χ0v) is 19.9. The molecule has 0 aliphatic carbocycles. The molecule has 0 fully saturated rings. The van der Waals surface area contributed by atoms with E-state index in [1.165, 1.54) is 54.7 Å². The molecule has 0 unspecified atom stereocenters. The Labute approximate surface area is 192 Å². The SMILES string of the molecule is COc1cccc(S(=O)(=O)n2cc(COC(=O)N(C)C(C)(C)C)cc2-c2cccnc2F)c1. The molecule has 0 aliphatic heterocycles. The van der Waals surface area contributed by atoms with Gasteiger partial charge in [-0.05, 0) is 51.1 Å². The molecule has 10 heteroatoms. The maximum atomic E-state index is 14.5. The maximum Gasteiger partial charge on any atom is 0.410 e. The highest BCUT2D eigenvalue weighted by atomic mass is 32.2. The summed E-state index contributed by atoms with van der Waals surface area (Å²) >= 11 is 0. The van der Waals surface area contributed by atoms with Gasteiger partial charge in [-0.1, -0.05) is 6.07 Å². The molecule has 3 rings (SSSR count). The Morgan fingerprint density at radius 3 is 2.55 bits per heavy atom. The lowest BCUT2D eigenvalue weighted by molar-refractivity contribution is 0.0759. The van der Waals surface area contributed by atoms with E-state index >= 15 is 0 Å². The van der Waals surface area contributed by atoms with Gasteiger partial charge in [0.15, 0.2) is 0 Å². The zero-order valence-electron chi connectivity index (χ0n) is 19.1. The number of amides is 1. The van der Waals surface area contributed by atoms with Crippen molar-refractivity contribution < 1.29 is 27.1 Å². The minimum absolute atomic E-state index is 0.00615. The molecule has 0 saturated heterocycles. The maximum absolute atomic E-state index is 14.5. The third-order valence-electron chi connectivity index (χ3n) is 5.12. The molecule has 33 heavy (non-hydrogen) atoms. The van der Waals surface area contributed by atoms with Crippen LogP contribution in [0.1, 0.15) is 26.3 Å². The minimum Gasteiger partial charge on any atom is -0.497 e. The van der Waals surface area contributed by atoms with Gasteiger partial charge in [-0.25, -0.2) is 22.2 Å². The molecule has 0 aliphatic rings. The highest BCUT2D eigenvalue weighted by molar-refractivity contribution is 7.90. The average molecular weight is 476 g/mol. The molecule has 8 nitrogen and oxygen atoms in total. The molecular weight excluding hydrogens is 449 g/mol. The van der Waals surface area contributed by atoms with Crippen LogP contribution in [0.5, 0.6) is 5.75 Å². The first-order valence-corrected chi connectivity index (χ1v) is 11.5.